The zero-order valence-electron chi connectivity index (χ0n) is 11.5. The molecular formula is C17H15N3. The summed E-state index contributed by atoms with van der Waals surface area (Å²) in [4.78, 5) is 7.84. The minimum atomic E-state index is 0.526. The van der Waals surface area contributed by atoms with Gasteiger partial charge in [-0.15, -0.1) is 0 Å². The van der Waals surface area contributed by atoms with Crippen LogP contribution in [0.3, 0.4) is 0 Å². The molecule has 1 heterocycles. The molecule has 0 unspecified atom stereocenters. The minimum Gasteiger partial charge on any atom is -0.338 e. The van der Waals surface area contributed by atoms with Crippen molar-refractivity contribution in [3.8, 4) is 17.5 Å². The molecule has 0 aliphatic heterocycles. The summed E-state index contributed by atoms with van der Waals surface area (Å²) in [7, 11) is 0. The molecule has 3 heteroatoms. The molecule has 2 aromatic carbocycles. The molecule has 0 bridgehead atoms. The van der Waals surface area contributed by atoms with Crippen LogP contribution in [-0.4, -0.2) is 9.97 Å². The molecule has 0 saturated heterocycles. The zero-order valence-corrected chi connectivity index (χ0v) is 11.5. The van der Waals surface area contributed by atoms with Crippen molar-refractivity contribution in [2.45, 2.75) is 19.8 Å². The summed E-state index contributed by atoms with van der Waals surface area (Å²) in [5, 5.41) is 8.92. The second-order valence-corrected chi connectivity index (χ2v) is 5.21. The average Bonchev–Trinajstić information content (AvgIpc) is 2.90. The van der Waals surface area contributed by atoms with E-state index in [-0.39, 0.29) is 0 Å². The normalized spacial score (nSPS) is 10.9. The lowest BCUT2D eigenvalue weighted by Gasteiger charge is -2.05. The number of nitriles is 1. The summed E-state index contributed by atoms with van der Waals surface area (Å²) in [6.45, 7) is 4.36. The Hall–Kier alpha value is -2.60. The Morgan fingerprint density at radius 2 is 1.85 bits per heavy atom. The highest BCUT2D eigenvalue weighted by atomic mass is 14.9. The van der Waals surface area contributed by atoms with E-state index >= 15 is 0 Å². The van der Waals surface area contributed by atoms with Crippen molar-refractivity contribution in [3.63, 3.8) is 0 Å². The van der Waals surface area contributed by atoms with E-state index in [0.717, 1.165) is 22.4 Å². The molecular weight excluding hydrogens is 246 g/mol. The van der Waals surface area contributed by atoms with Crippen LogP contribution in [0, 0.1) is 11.3 Å². The predicted molar refractivity (Wildman–Crippen MR) is 80.3 cm³/mol. The summed E-state index contributed by atoms with van der Waals surface area (Å²) >= 11 is 0. The fourth-order valence-electron chi connectivity index (χ4n) is 2.24. The molecule has 20 heavy (non-hydrogen) atoms. The summed E-state index contributed by atoms with van der Waals surface area (Å²) in [5.41, 5.74) is 4.79. The van der Waals surface area contributed by atoms with Gasteiger partial charge in [0.05, 0.1) is 22.7 Å². The second kappa shape index (κ2) is 4.82. The SMILES string of the molecule is CC(C)c1ccc(-c2nc3ccc(C#N)cc3[nH]2)cc1. The molecule has 0 fully saturated rings. The number of nitrogens with one attached hydrogen (secondary N) is 1. The van der Waals surface area contributed by atoms with Gasteiger partial charge in [-0.3, -0.25) is 0 Å². The first kappa shape index (κ1) is 12.4. The predicted octanol–water partition coefficient (Wildman–Crippen LogP) is 4.22. The summed E-state index contributed by atoms with van der Waals surface area (Å²) in [6.07, 6.45) is 0. The maximum absolute atomic E-state index is 8.92. The standard InChI is InChI=1S/C17H15N3/c1-11(2)13-4-6-14(7-5-13)17-19-15-8-3-12(10-18)9-16(15)20-17/h3-9,11H,1-2H3,(H,19,20). The van der Waals surface area contributed by atoms with Gasteiger partial charge in [-0.05, 0) is 29.7 Å². The van der Waals surface area contributed by atoms with Crippen molar-refractivity contribution in [1.29, 1.82) is 5.26 Å². The summed E-state index contributed by atoms with van der Waals surface area (Å²) in [5.74, 6) is 1.36. The largest absolute Gasteiger partial charge is 0.338 e. The number of rotatable bonds is 2. The summed E-state index contributed by atoms with van der Waals surface area (Å²) < 4.78 is 0. The third-order valence-electron chi connectivity index (χ3n) is 3.46. The van der Waals surface area contributed by atoms with Gasteiger partial charge in [0, 0.05) is 5.56 Å². The van der Waals surface area contributed by atoms with Crippen molar-refractivity contribution < 1.29 is 0 Å². The maximum Gasteiger partial charge on any atom is 0.138 e. The molecule has 3 rings (SSSR count). The number of H-pyrrole nitrogens is 1. The lowest BCUT2D eigenvalue weighted by Crippen LogP contribution is -1.87. The molecule has 3 aromatic rings. The van der Waals surface area contributed by atoms with Crippen LogP contribution in [0.2, 0.25) is 0 Å². The Kier molecular flexibility index (Phi) is 3.00. The molecule has 0 spiro atoms. The molecule has 1 aromatic heterocycles. The van der Waals surface area contributed by atoms with Gasteiger partial charge in [-0.2, -0.15) is 5.26 Å². The Labute approximate surface area is 117 Å². The van der Waals surface area contributed by atoms with Gasteiger partial charge in [0.15, 0.2) is 0 Å². The van der Waals surface area contributed by atoms with Crippen LogP contribution >= 0.6 is 0 Å². The molecule has 0 radical (unpaired) electrons. The quantitative estimate of drug-likeness (QED) is 0.750. The summed E-state index contributed by atoms with van der Waals surface area (Å²) in [6, 6.07) is 16.1. The number of imidazole rings is 1. The van der Waals surface area contributed by atoms with E-state index in [1.54, 1.807) is 6.07 Å². The van der Waals surface area contributed by atoms with Crippen LogP contribution in [-0.2, 0) is 0 Å². The molecule has 0 atom stereocenters. The van der Waals surface area contributed by atoms with Crippen LogP contribution in [0.1, 0.15) is 30.9 Å². The first-order valence-electron chi connectivity index (χ1n) is 6.67. The fraction of sp³-hybridized carbons (Fsp3) is 0.176. The minimum absolute atomic E-state index is 0.526. The maximum atomic E-state index is 8.92. The van der Waals surface area contributed by atoms with Gasteiger partial charge in [-0.1, -0.05) is 38.1 Å². The van der Waals surface area contributed by atoms with Crippen LogP contribution < -0.4 is 0 Å². The van der Waals surface area contributed by atoms with Crippen LogP contribution in [0.15, 0.2) is 42.5 Å². The van der Waals surface area contributed by atoms with Crippen molar-refractivity contribution in [3.05, 3.63) is 53.6 Å². The van der Waals surface area contributed by atoms with Crippen LogP contribution in [0.25, 0.3) is 22.4 Å². The molecule has 0 aliphatic carbocycles. The third-order valence-corrected chi connectivity index (χ3v) is 3.46. The number of nitrogens with zero attached hydrogens (tertiary/aromatic N) is 2. The second-order valence-electron chi connectivity index (χ2n) is 5.21. The van der Waals surface area contributed by atoms with Crippen molar-refractivity contribution >= 4 is 11.0 Å². The van der Waals surface area contributed by atoms with Gasteiger partial charge < -0.3 is 4.98 Å². The molecule has 0 saturated carbocycles. The van der Waals surface area contributed by atoms with Crippen LogP contribution in [0.5, 0.6) is 0 Å². The van der Waals surface area contributed by atoms with E-state index in [2.05, 4.69) is 54.2 Å². The third kappa shape index (κ3) is 2.17. The number of aromatic amines is 1. The first-order valence-corrected chi connectivity index (χ1v) is 6.67. The number of fused-ring (bicyclic) bond motifs is 1. The smallest absolute Gasteiger partial charge is 0.138 e. The Morgan fingerprint density at radius 3 is 2.50 bits per heavy atom. The molecule has 0 aliphatic rings. The zero-order chi connectivity index (χ0) is 14.1. The number of hydrogen-bond acceptors (Lipinski definition) is 2. The first-order chi connectivity index (χ1) is 9.67. The van der Waals surface area contributed by atoms with Gasteiger partial charge in [-0.25, -0.2) is 4.98 Å². The van der Waals surface area contributed by atoms with Crippen molar-refractivity contribution in [1.82, 2.24) is 9.97 Å². The van der Waals surface area contributed by atoms with E-state index in [1.807, 2.05) is 12.1 Å². The van der Waals surface area contributed by atoms with E-state index in [0.29, 0.717) is 11.5 Å². The number of aromatic nitrogens is 2. The average molecular weight is 261 g/mol. The Morgan fingerprint density at radius 1 is 1.10 bits per heavy atom. The van der Waals surface area contributed by atoms with Gasteiger partial charge in [0.25, 0.3) is 0 Å². The van der Waals surface area contributed by atoms with E-state index < -0.39 is 0 Å². The van der Waals surface area contributed by atoms with Gasteiger partial charge in [0.1, 0.15) is 5.82 Å². The molecule has 3 nitrogen and oxygen atoms in total. The van der Waals surface area contributed by atoms with Crippen molar-refractivity contribution in [2.75, 3.05) is 0 Å². The lowest BCUT2D eigenvalue weighted by atomic mass is 10.0. The topological polar surface area (TPSA) is 52.5 Å². The van der Waals surface area contributed by atoms with Crippen molar-refractivity contribution in [2.24, 2.45) is 0 Å². The Bertz CT molecular complexity index is 789. The molecule has 98 valence electrons. The Balaban J connectivity index is 2.03. The number of benzene rings is 2. The highest BCUT2D eigenvalue weighted by molar-refractivity contribution is 5.80. The fourth-order valence-corrected chi connectivity index (χ4v) is 2.24. The highest BCUT2D eigenvalue weighted by Gasteiger charge is 2.06. The highest BCUT2D eigenvalue weighted by Crippen LogP contribution is 2.23. The van der Waals surface area contributed by atoms with Crippen LogP contribution in [0.4, 0.5) is 0 Å². The van der Waals surface area contributed by atoms with Gasteiger partial charge in [0.2, 0.25) is 0 Å². The lowest BCUT2D eigenvalue weighted by molar-refractivity contribution is 0.867. The van der Waals surface area contributed by atoms with E-state index in [1.165, 1.54) is 5.56 Å². The monoisotopic (exact) mass is 261 g/mol. The molecule has 1 N–H and O–H groups in total. The van der Waals surface area contributed by atoms with Gasteiger partial charge >= 0.3 is 0 Å². The number of hydrogen-bond donors (Lipinski definition) is 1. The molecule has 0 amide bonds. The van der Waals surface area contributed by atoms with E-state index in [4.69, 9.17) is 5.26 Å². The van der Waals surface area contributed by atoms with E-state index in [9.17, 15) is 0 Å².